The van der Waals surface area contributed by atoms with Crippen molar-refractivity contribution < 1.29 is 4.74 Å². The van der Waals surface area contributed by atoms with Gasteiger partial charge in [-0.15, -0.1) is 0 Å². The Balaban J connectivity index is 2.09. The second-order valence-electron chi connectivity index (χ2n) is 2.65. The van der Waals surface area contributed by atoms with Gasteiger partial charge in [-0.1, -0.05) is 0 Å². The molecule has 0 bridgehead atoms. The molecule has 64 valence electrons. The number of rotatable bonds is 3. The molecule has 0 spiro atoms. The van der Waals surface area contributed by atoms with Gasteiger partial charge in [0.05, 0.1) is 6.34 Å². The van der Waals surface area contributed by atoms with E-state index in [9.17, 15) is 0 Å². The number of hydrogen-bond acceptors (Lipinski definition) is 2. The Morgan fingerprint density at radius 3 is 3.18 bits per heavy atom. The first-order chi connectivity index (χ1) is 5.43. The highest BCUT2D eigenvalue weighted by Gasteiger charge is 2.10. The molecule has 0 radical (unpaired) electrons. The van der Waals surface area contributed by atoms with E-state index >= 15 is 0 Å². The van der Waals surface area contributed by atoms with Crippen molar-refractivity contribution >= 4 is 6.34 Å². The molecule has 3 heteroatoms. The van der Waals surface area contributed by atoms with Crippen LogP contribution in [-0.2, 0) is 4.74 Å². The molecule has 11 heavy (non-hydrogen) atoms. The van der Waals surface area contributed by atoms with E-state index in [4.69, 9.17) is 4.74 Å². The topological polar surface area (TPSA) is 33.6 Å². The van der Waals surface area contributed by atoms with Crippen molar-refractivity contribution in [1.82, 2.24) is 5.32 Å². The second-order valence-corrected chi connectivity index (χ2v) is 2.65. The molecular weight excluding hydrogens is 140 g/mol. The van der Waals surface area contributed by atoms with Crippen LogP contribution >= 0.6 is 0 Å². The van der Waals surface area contributed by atoms with Gasteiger partial charge < -0.3 is 10.1 Å². The fourth-order valence-electron chi connectivity index (χ4n) is 1.10. The van der Waals surface area contributed by atoms with E-state index in [1.54, 1.807) is 6.34 Å². The number of nitrogens with zero attached hydrogens (tertiary/aromatic N) is 1. The Kier molecular flexibility index (Phi) is 3.98. The third kappa shape index (κ3) is 3.37. The maximum absolute atomic E-state index is 5.42. The lowest BCUT2D eigenvalue weighted by Crippen LogP contribution is -2.33. The molecule has 0 aromatic rings. The number of nitrogens with one attached hydrogen (secondary N) is 1. The zero-order valence-corrected chi connectivity index (χ0v) is 7.05. The molecule has 1 aliphatic rings. The third-order valence-corrected chi connectivity index (χ3v) is 1.71. The number of aliphatic imine (C=N–C) groups is 1. The maximum atomic E-state index is 5.42. The van der Waals surface area contributed by atoms with Crippen LogP contribution in [0.25, 0.3) is 0 Å². The summed E-state index contributed by atoms with van der Waals surface area (Å²) in [5.41, 5.74) is 0. The van der Waals surface area contributed by atoms with Crippen LogP contribution in [0.1, 0.15) is 26.2 Å². The van der Waals surface area contributed by atoms with Crippen LogP contribution < -0.4 is 5.32 Å². The summed E-state index contributed by atoms with van der Waals surface area (Å²) in [4.78, 5) is 4.05. The van der Waals surface area contributed by atoms with Crippen molar-refractivity contribution in [2.75, 3.05) is 13.2 Å². The zero-order chi connectivity index (χ0) is 7.94. The fourth-order valence-corrected chi connectivity index (χ4v) is 1.10. The lowest BCUT2D eigenvalue weighted by Gasteiger charge is -2.21. The summed E-state index contributed by atoms with van der Waals surface area (Å²) in [6, 6.07) is 0. The van der Waals surface area contributed by atoms with E-state index in [1.165, 1.54) is 12.8 Å². The minimum atomic E-state index is 0.207. The maximum Gasteiger partial charge on any atom is 0.128 e. The molecule has 1 rings (SSSR count). The van der Waals surface area contributed by atoms with Gasteiger partial charge in [0.25, 0.3) is 0 Å². The summed E-state index contributed by atoms with van der Waals surface area (Å²) in [6.07, 6.45) is 5.52. The van der Waals surface area contributed by atoms with E-state index in [-0.39, 0.29) is 6.23 Å². The molecule has 0 aromatic heterocycles. The van der Waals surface area contributed by atoms with Crippen LogP contribution in [0.2, 0.25) is 0 Å². The van der Waals surface area contributed by atoms with E-state index in [0.29, 0.717) is 0 Å². The van der Waals surface area contributed by atoms with Crippen LogP contribution in [0.3, 0.4) is 0 Å². The molecule has 1 unspecified atom stereocenters. The smallest absolute Gasteiger partial charge is 0.128 e. The highest BCUT2D eigenvalue weighted by molar-refractivity contribution is 5.54. The van der Waals surface area contributed by atoms with Crippen LogP contribution in [0.15, 0.2) is 4.99 Å². The largest absolute Gasteiger partial charge is 0.359 e. The van der Waals surface area contributed by atoms with Gasteiger partial charge in [0.2, 0.25) is 0 Å². The Labute approximate surface area is 67.8 Å². The SMILES string of the molecule is CCN=CNC1CCCCO1. The highest BCUT2D eigenvalue weighted by Crippen LogP contribution is 2.09. The minimum Gasteiger partial charge on any atom is -0.359 e. The summed E-state index contributed by atoms with van der Waals surface area (Å²) in [5.74, 6) is 0. The van der Waals surface area contributed by atoms with Crippen LogP contribution in [0.4, 0.5) is 0 Å². The van der Waals surface area contributed by atoms with Gasteiger partial charge in [0, 0.05) is 13.2 Å². The average Bonchev–Trinajstić information content (AvgIpc) is 2.07. The van der Waals surface area contributed by atoms with E-state index < -0.39 is 0 Å². The molecule has 1 fully saturated rings. The molecule has 1 saturated heterocycles. The molecule has 1 atom stereocenters. The lowest BCUT2D eigenvalue weighted by molar-refractivity contribution is 0.00792. The van der Waals surface area contributed by atoms with Crippen LogP contribution in [0.5, 0.6) is 0 Å². The minimum absolute atomic E-state index is 0.207. The Hall–Kier alpha value is -0.570. The van der Waals surface area contributed by atoms with Gasteiger partial charge in [-0.05, 0) is 26.2 Å². The normalized spacial score (nSPS) is 25.7. The van der Waals surface area contributed by atoms with Crippen molar-refractivity contribution in [3.05, 3.63) is 0 Å². The standard InChI is InChI=1S/C8H16N2O/c1-2-9-7-10-8-5-3-4-6-11-8/h7-8H,2-6H2,1H3,(H,9,10). The molecule has 1 heterocycles. The third-order valence-electron chi connectivity index (χ3n) is 1.71. The molecular formula is C8H16N2O. The molecule has 0 saturated carbocycles. The van der Waals surface area contributed by atoms with Crippen molar-refractivity contribution in [3.63, 3.8) is 0 Å². The highest BCUT2D eigenvalue weighted by atomic mass is 16.5. The van der Waals surface area contributed by atoms with Gasteiger partial charge in [-0.2, -0.15) is 0 Å². The summed E-state index contributed by atoms with van der Waals surface area (Å²) < 4.78 is 5.42. The summed E-state index contributed by atoms with van der Waals surface area (Å²) in [5, 5.41) is 3.11. The summed E-state index contributed by atoms with van der Waals surface area (Å²) in [7, 11) is 0. The quantitative estimate of drug-likeness (QED) is 0.491. The predicted octanol–water partition coefficient (Wildman–Crippen LogP) is 1.15. The second kappa shape index (κ2) is 5.13. The lowest BCUT2D eigenvalue weighted by atomic mass is 10.2. The van der Waals surface area contributed by atoms with E-state index in [0.717, 1.165) is 19.6 Å². The first kappa shape index (κ1) is 8.53. The first-order valence-corrected chi connectivity index (χ1v) is 4.29. The zero-order valence-electron chi connectivity index (χ0n) is 7.05. The van der Waals surface area contributed by atoms with Crippen molar-refractivity contribution in [2.45, 2.75) is 32.4 Å². The molecule has 3 nitrogen and oxygen atoms in total. The summed E-state index contributed by atoms with van der Waals surface area (Å²) >= 11 is 0. The fraction of sp³-hybridized carbons (Fsp3) is 0.875. The van der Waals surface area contributed by atoms with Crippen LogP contribution in [0, 0.1) is 0 Å². The molecule has 0 aromatic carbocycles. The molecule has 0 aliphatic carbocycles. The molecule has 1 aliphatic heterocycles. The Morgan fingerprint density at radius 2 is 2.55 bits per heavy atom. The van der Waals surface area contributed by atoms with Gasteiger partial charge in [0.15, 0.2) is 0 Å². The van der Waals surface area contributed by atoms with Gasteiger partial charge in [-0.3, -0.25) is 4.99 Å². The first-order valence-electron chi connectivity index (χ1n) is 4.29. The van der Waals surface area contributed by atoms with Gasteiger partial charge in [-0.25, -0.2) is 0 Å². The van der Waals surface area contributed by atoms with E-state index in [1.807, 2.05) is 6.92 Å². The van der Waals surface area contributed by atoms with E-state index in [2.05, 4.69) is 10.3 Å². The summed E-state index contributed by atoms with van der Waals surface area (Å²) in [6.45, 7) is 3.73. The Bertz CT molecular complexity index is 119. The van der Waals surface area contributed by atoms with Gasteiger partial charge >= 0.3 is 0 Å². The van der Waals surface area contributed by atoms with Crippen molar-refractivity contribution in [1.29, 1.82) is 0 Å². The van der Waals surface area contributed by atoms with Gasteiger partial charge in [0.1, 0.15) is 6.23 Å². The molecule has 1 N–H and O–H groups in total. The Morgan fingerprint density at radius 1 is 1.64 bits per heavy atom. The predicted molar refractivity (Wildman–Crippen MR) is 45.8 cm³/mol. The van der Waals surface area contributed by atoms with Crippen molar-refractivity contribution in [3.8, 4) is 0 Å². The molecule has 0 amide bonds. The van der Waals surface area contributed by atoms with Crippen molar-refractivity contribution in [2.24, 2.45) is 4.99 Å². The monoisotopic (exact) mass is 156 g/mol. The van der Waals surface area contributed by atoms with Crippen LogP contribution in [-0.4, -0.2) is 25.7 Å². The average molecular weight is 156 g/mol. The number of hydrogen-bond donors (Lipinski definition) is 1. The number of ether oxygens (including phenoxy) is 1.